The van der Waals surface area contributed by atoms with Gasteiger partial charge in [0.2, 0.25) is 5.88 Å². The molecule has 2 heterocycles. The molecule has 2 N–H and O–H groups in total. The van der Waals surface area contributed by atoms with Crippen molar-refractivity contribution in [1.29, 1.82) is 0 Å². The Morgan fingerprint density at radius 2 is 1.81 bits per heavy atom. The molecule has 2 aromatic heterocycles. The van der Waals surface area contributed by atoms with Crippen LogP contribution >= 0.6 is 0 Å². The second-order valence-corrected chi connectivity index (χ2v) is 10.0. The van der Waals surface area contributed by atoms with E-state index in [4.69, 9.17) is 4.52 Å². The van der Waals surface area contributed by atoms with Crippen molar-refractivity contribution >= 4 is 27.3 Å². The summed E-state index contributed by atoms with van der Waals surface area (Å²) < 4.78 is 47.6. The average molecular weight is 512 g/mol. The maximum Gasteiger partial charge on any atom is 0.280 e. The second kappa shape index (κ2) is 9.94. The van der Waals surface area contributed by atoms with Gasteiger partial charge >= 0.3 is 0 Å². The highest BCUT2D eigenvalue weighted by Gasteiger charge is 2.20. The Morgan fingerprint density at radius 3 is 2.39 bits per heavy atom. The second-order valence-electron chi connectivity index (χ2n) is 8.35. The summed E-state index contributed by atoms with van der Waals surface area (Å²) >= 11 is 0. The van der Waals surface area contributed by atoms with E-state index in [2.05, 4.69) is 20.0 Å². The minimum atomic E-state index is -3.89. The first-order valence-electron chi connectivity index (χ1n) is 11.3. The number of aryl methyl sites for hydroxylation is 2. The van der Waals surface area contributed by atoms with Crippen molar-refractivity contribution < 1.29 is 17.3 Å². The van der Waals surface area contributed by atoms with E-state index in [0.717, 1.165) is 6.42 Å². The zero-order valence-electron chi connectivity index (χ0n) is 20.3. The van der Waals surface area contributed by atoms with Crippen LogP contribution in [0.25, 0.3) is 5.69 Å². The molecule has 0 saturated heterocycles. The summed E-state index contributed by atoms with van der Waals surface area (Å²) in [5.74, 6) is -0.323. The molecule has 0 aliphatic carbocycles. The number of H-pyrrole nitrogens is 1. The van der Waals surface area contributed by atoms with Crippen LogP contribution in [-0.2, 0) is 16.4 Å². The van der Waals surface area contributed by atoms with Gasteiger partial charge in [0, 0.05) is 11.3 Å². The molecule has 0 bridgehead atoms. The maximum atomic E-state index is 13.3. The summed E-state index contributed by atoms with van der Waals surface area (Å²) in [5.41, 5.74) is 3.51. The van der Waals surface area contributed by atoms with E-state index in [1.54, 1.807) is 32.9 Å². The number of anilines is 1. The van der Waals surface area contributed by atoms with Crippen molar-refractivity contribution in [2.45, 2.75) is 45.4 Å². The number of halogens is 1. The first-order valence-corrected chi connectivity index (χ1v) is 12.8. The Bertz CT molecular complexity index is 1580. The fourth-order valence-corrected chi connectivity index (χ4v) is 4.75. The van der Waals surface area contributed by atoms with Crippen LogP contribution in [0.1, 0.15) is 42.8 Å². The lowest BCUT2D eigenvalue weighted by molar-refractivity contribution is 0.430. The summed E-state index contributed by atoms with van der Waals surface area (Å²) in [6, 6.07) is 11.6. The molecule has 0 saturated carbocycles. The van der Waals surface area contributed by atoms with E-state index in [9.17, 15) is 17.6 Å². The molecule has 0 spiro atoms. The Hall–Kier alpha value is -3.99. The standard InChI is InChI=1S/C25H26FN5O4S/c1-5-6-22-23(25(32)31(28-22)20-11-7-18(26)8-12-20)17(4)27-19-9-13-21(14-10-19)36(33,34)30-24-15(2)16(3)29-35-24/h7-14,28,30H,5-6H2,1-4H3. The molecule has 0 atom stereocenters. The Kier molecular flexibility index (Phi) is 6.93. The van der Waals surface area contributed by atoms with Gasteiger partial charge in [-0.25, -0.2) is 22.2 Å². The topological polar surface area (TPSA) is 122 Å². The number of benzene rings is 2. The van der Waals surface area contributed by atoms with Gasteiger partial charge in [-0.1, -0.05) is 18.5 Å². The van der Waals surface area contributed by atoms with Crippen LogP contribution in [0.15, 0.2) is 67.7 Å². The quantitative estimate of drug-likeness (QED) is 0.329. The lowest BCUT2D eigenvalue weighted by Gasteiger charge is -2.06. The SMILES string of the molecule is CCCc1[nH]n(-c2ccc(F)cc2)c(=O)c1C(C)=Nc1ccc(S(=O)(=O)Nc2onc(C)c2C)cc1. The van der Waals surface area contributed by atoms with Gasteiger partial charge in [-0.05, 0) is 75.7 Å². The molecule has 0 amide bonds. The molecule has 2 aromatic carbocycles. The number of aliphatic imine (C=N–C) groups is 1. The smallest absolute Gasteiger partial charge is 0.280 e. The van der Waals surface area contributed by atoms with Gasteiger partial charge in [-0.15, -0.1) is 0 Å². The first-order chi connectivity index (χ1) is 17.1. The number of nitrogens with zero attached hydrogens (tertiary/aromatic N) is 3. The normalized spacial score (nSPS) is 12.2. The third kappa shape index (κ3) is 5.01. The summed E-state index contributed by atoms with van der Waals surface area (Å²) in [6.07, 6.45) is 1.42. The lowest BCUT2D eigenvalue weighted by atomic mass is 10.1. The van der Waals surface area contributed by atoms with Crippen molar-refractivity contribution in [2.24, 2.45) is 4.99 Å². The zero-order chi connectivity index (χ0) is 26.0. The third-order valence-electron chi connectivity index (χ3n) is 5.74. The lowest BCUT2D eigenvalue weighted by Crippen LogP contribution is -2.19. The molecule has 4 aromatic rings. The highest BCUT2D eigenvalue weighted by Crippen LogP contribution is 2.24. The average Bonchev–Trinajstić information content (AvgIpc) is 3.33. The van der Waals surface area contributed by atoms with E-state index >= 15 is 0 Å². The molecule has 0 unspecified atom stereocenters. The molecule has 188 valence electrons. The van der Waals surface area contributed by atoms with Gasteiger partial charge in [-0.2, -0.15) is 0 Å². The van der Waals surface area contributed by atoms with Crippen molar-refractivity contribution in [3.05, 3.63) is 87.2 Å². The maximum absolute atomic E-state index is 13.3. The zero-order valence-corrected chi connectivity index (χ0v) is 21.1. The van der Waals surface area contributed by atoms with Crippen LogP contribution in [0.5, 0.6) is 0 Å². The van der Waals surface area contributed by atoms with Crippen LogP contribution < -0.4 is 10.3 Å². The molecule has 0 aliphatic heterocycles. The number of hydrogen-bond donors (Lipinski definition) is 2. The van der Waals surface area contributed by atoms with Gasteiger partial charge < -0.3 is 4.52 Å². The third-order valence-corrected chi connectivity index (χ3v) is 7.09. The van der Waals surface area contributed by atoms with Gasteiger partial charge in [0.1, 0.15) is 5.82 Å². The molecule has 36 heavy (non-hydrogen) atoms. The largest absolute Gasteiger partial charge is 0.337 e. The Labute approximate surface area is 207 Å². The molecular weight excluding hydrogens is 485 g/mol. The van der Waals surface area contributed by atoms with Crippen molar-refractivity contribution in [1.82, 2.24) is 14.9 Å². The first kappa shape index (κ1) is 25.1. The minimum absolute atomic E-state index is 0.0274. The van der Waals surface area contributed by atoms with Crippen LogP contribution in [-0.4, -0.2) is 29.1 Å². The molecule has 0 radical (unpaired) electrons. The highest BCUT2D eigenvalue weighted by atomic mass is 32.2. The van der Waals surface area contributed by atoms with Crippen LogP contribution in [0, 0.1) is 19.7 Å². The highest BCUT2D eigenvalue weighted by molar-refractivity contribution is 7.92. The van der Waals surface area contributed by atoms with Gasteiger partial charge in [-0.3, -0.25) is 14.9 Å². The predicted molar refractivity (Wildman–Crippen MR) is 135 cm³/mol. The van der Waals surface area contributed by atoms with E-state index in [0.29, 0.717) is 46.0 Å². The van der Waals surface area contributed by atoms with E-state index in [1.165, 1.54) is 41.1 Å². The Morgan fingerprint density at radius 1 is 1.14 bits per heavy atom. The molecule has 0 fully saturated rings. The van der Waals surface area contributed by atoms with Crippen molar-refractivity contribution in [2.75, 3.05) is 4.72 Å². The predicted octanol–water partition coefficient (Wildman–Crippen LogP) is 4.80. The molecule has 4 rings (SSSR count). The fraction of sp³-hybridized carbons (Fsp3) is 0.240. The fourth-order valence-electron chi connectivity index (χ4n) is 3.70. The molecule has 11 heteroatoms. The van der Waals surface area contributed by atoms with Crippen LogP contribution in [0.2, 0.25) is 0 Å². The summed E-state index contributed by atoms with van der Waals surface area (Å²) in [7, 11) is -3.89. The van der Waals surface area contributed by atoms with Crippen molar-refractivity contribution in [3.8, 4) is 5.69 Å². The number of aromatic nitrogens is 3. The van der Waals surface area contributed by atoms with Crippen molar-refractivity contribution in [3.63, 3.8) is 0 Å². The van der Waals surface area contributed by atoms with Gasteiger partial charge in [0.25, 0.3) is 15.6 Å². The van der Waals surface area contributed by atoms with E-state index in [1.807, 2.05) is 6.92 Å². The number of nitrogens with one attached hydrogen (secondary N) is 2. The van der Waals surface area contributed by atoms with Gasteiger partial charge in [0.05, 0.1) is 33.2 Å². The number of hydrogen-bond acceptors (Lipinski definition) is 6. The monoisotopic (exact) mass is 511 g/mol. The molecule has 9 nitrogen and oxygen atoms in total. The van der Waals surface area contributed by atoms with Crippen LogP contribution in [0.3, 0.4) is 0 Å². The number of rotatable bonds is 8. The number of sulfonamides is 1. The van der Waals surface area contributed by atoms with Crippen LogP contribution in [0.4, 0.5) is 16.0 Å². The molecule has 0 aliphatic rings. The minimum Gasteiger partial charge on any atom is -0.337 e. The summed E-state index contributed by atoms with van der Waals surface area (Å²) in [4.78, 5) is 17.8. The van der Waals surface area contributed by atoms with E-state index < -0.39 is 15.8 Å². The van der Waals surface area contributed by atoms with Gasteiger partial charge in [0.15, 0.2) is 0 Å². The van der Waals surface area contributed by atoms with E-state index in [-0.39, 0.29) is 16.3 Å². The number of aromatic amines is 1. The summed E-state index contributed by atoms with van der Waals surface area (Å²) in [5, 5.41) is 6.87. The summed E-state index contributed by atoms with van der Waals surface area (Å²) in [6.45, 7) is 7.15. The Balaban J connectivity index is 1.64. The molecular formula is C25H26FN5O4S.